The van der Waals surface area contributed by atoms with Crippen molar-refractivity contribution in [2.45, 2.75) is 26.8 Å². The molecular formula is C19H23NO3. The number of benzene rings is 2. The average Bonchev–Trinajstić information content (AvgIpc) is 2.55. The third-order valence-corrected chi connectivity index (χ3v) is 3.59. The van der Waals surface area contributed by atoms with Gasteiger partial charge in [0.2, 0.25) is 5.91 Å². The first-order valence-electron chi connectivity index (χ1n) is 7.69. The van der Waals surface area contributed by atoms with Gasteiger partial charge in [0.05, 0.1) is 20.1 Å². The van der Waals surface area contributed by atoms with E-state index in [-0.39, 0.29) is 5.91 Å². The molecule has 0 aliphatic rings. The first-order valence-corrected chi connectivity index (χ1v) is 7.69. The van der Waals surface area contributed by atoms with Gasteiger partial charge in [-0.2, -0.15) is 0 Å². The van der Waals surface area contributed by atoms with Crippen LogP contribution in [-0.4, -0.2) is 19.6 Å². The molecule has 2 aromatic carbocycles. The number of rotatable bonds is 7. The Bertz CT molecular complexity index is 667. The highest BCUT2D eigenvalue weighted by molar-refractivity contribution is 5.76. The first kappa shape index (κ1) is 16.9. The smallest absolute Gasteiger partial charge is 0.223 e. The molecule has 0 aliphatic heterocycles. The number of amides is 1. The molecule has 0 saturated heterocycles. The lowest BCUT2D eigenvalue weighted by Crippen LogP contribution is -2.24. The van der Waals surface area contributed by atoms with E-state index in [1.165, 1.54) is 5.56 Å². The Hall–Kier alpha value is -2.49. The third kappa shape index (κ3) is 5.02. The lowest BCUT2D eigenvalue weighted by molar-refractivity contribution is -0.121. The van der Waals surface area contributed by atoms with Crippen LogP contribution in [0.25, 0.3) is 0 Å². The Balaban J connectivity index is 1.77. The van der Waals surface area contributed by atoms with Gasteiger partial charge in [-0.25, -0.2) is 0 Å². The third-order valence-electron chi connectivity index (χ3n) is 3.59. The Morgan fingerprint density at radius 1 is 1.09 bits per heavy atom. The van der Waals surface area contributed by atoms with E-state index in [4.69, 9.17) is 9.47 Å². The van der Waals surface area contributed by atoms with Gasteiger partial charge in [0.1, 0.15) is 11.5 Å². The molecule has 1 N–H and O–H groups in total. The largest absolute Gasteiger partial charge is 0.496 e. The van der Waals surface area contributed by atoms with E-state index < -0.39 is 0 Å². The molecule has 4 heteroatoms. The van der Waals surface area contributed by atoms with Crippen molar-refractivity contribution in [3.63, 3.8) is 0 Å². The summed E-state index contributed by atoms with van der Waals surface area (Å²) in [7, 11) is 1.62. The summed E-state index contributed by atoms with van der Waals surface area (Å²) in [5.74, 6) is 1.56. The van der Waals surface area contributed by atoms with Crippen LogP contribution in [-0.2, 0) is 11.3 Å². The summed E-state index contributed by atoms with van der Waals surface area (Å²) in [5.41, 5.74) is 3.24. The van der Waals surface area contributed by atoms with Crippen molar-refractivity contribution < 1.29 is 14.3 Å². The van der Waals surface area contributed by atoms with E-state index in [0.29, 0.717) is 19.6 Å². The summed E-state index contributed by atoms with van der Waals surface area (Å²) in [4.78, 5) is 11.9. The molecule has 0 aliphatic carbocycles. The zero-order chi connectivity index (χ0) is 16.7. The van der Waals surface area contributed by atoms with E-state index in [1.54, 1.807) is 7.11 Å². The monoisotopic (exact) mass is 313 g/mol. The van der Waals surface area contributed by atoms with Crippen molar-refractivity contribution in [3.05, 3.63) is 59.2 Å². The molecule has 0 heterocycles. The molecule has 122 valence electrons. The van der Waals surface area contributed by atoms with Crippen molar-refractivity contribution in [1.82, 2.24) is 5.32 Å². The second-order valence-electron chi connectivity index (χ2n) is 5.46. The minimum atomic E-state index is -0.0410. The second kappa shape index (κ2) is 8.22. The van der Waals surface area contributed by atoms with Crippen molar-refractivity contribution in [2.24, 2.45) is 0 Å². The Morgan fingerprint density at radius 3 is 2.61 bits per heavy atom. The number of carbonyl (C=O) groups excluding carboxylic acids is 1. The highest BCUT2D eigenvalue weighted by atomic mass is 16.5. The highest BCUT2D eigenvalue weighted by Gasteiger charge is 2.06. The van der Waals surface area contributed by atoms with Crippen LogP contribution < -0.4 is 14.8 Å². The van der Waals surface area contributed by atoms with Crippen LogP contribution in [0.3, 0.4) is 0 Å². The zero-order valence-electron chi connectivity index (χ0n) is 13.9. The van der Waals surface area contributed by atoms with Crippen molar-refractivity contribution in [1.29, 1.82) is 0 Å². The molecule has 0 aromatic heterocycles. The number of ether oxygens (including phenoxy) is 2. The number of carbonyl (C=O) groups is 1. The lowest BCUT2D eigenvalue weighted by Gasteiger charge is -2.11. The summed E-state index contributed by atoms with van der Waals surface area (Å²) in [6.07, 6.45) is 0.322. The summed E-state index contributed by atoms with van der Waals surface area (Å²) < 4.78 is 10.9. The fourth-order valence-electron chi connectivity index (χ4n) is 2.35. The van der Waals surface area contributed by atoms with Crippen LogP contribution >= 0.6 is 0 Å². The summed E-state index contributed by atoms with van der Waals surface area (Å²) >= 11 is 0. The molecule has 1 amide bonds. The van der Waals surface area contributed by atoms with Gasteiger partial charge in [-0.3, -0.25) is 4.79 Å². The predicted molar refractivity (Wildman–Crippen MR) is 90.9 cm³/mol. The fraction of sp³-hybridized carbons (Fsp3) is 0.316. The molecule has 0 atom stereocenters. The normalized spacial score (nSPS) is 10.2. The van der Waals surface area contributed by atoms with Crippen LogP contribution in [0.4, 0.5) is 0 Å². The van der Waals surface area contributed by atoms with E-state index in [2.05, 4.69) is 11.4 Å². The van der Waals surface area contributed by atoms with E-state index in [0.717, 1.165) is 22.6 Å². The van der Waals surface area contributed by atoms with Crippen LogP contribution in [0.5, 0.6) is 11.5 Å². The molecule has 2 aromatic rings. The van der Waals surface area contributed by atoms with Crippen LogP contribution in [0, 0.1) is 13.8 Å². The SMILES string of the molecule is COc1ccccc1CNC(=O)CCOc1ccc(C)cc1C. The molecule has 0 radical (unpaired) electrons. The Morgan fingerprint density at radius 2 is 1.87 bits per heavy atom. The van der Waals surface area contributed by atoms with Gasteiger partial charge in [0.25, 0.3) is 0 Å². The van der Waals surface area contributed by atoms with Crippen LogP contribution in [0.2, 0.25) is 0 Å². The van der Waals surface area contributed by atoms with Gasteiger partial charge in [0.15, 0.2) is 0 Å². The lowest BCUT2D eigenvalue weighted by atomic mass is 10.1. The van der Waals surface area contributed by atoms with Gasteiger partial charge in [-0.1, -0.05) is 35.9 Å². The number of hydrogen-bond acceptors (Lipinski definition) is 3. The maximum atomic E-state index is 11.9. The summed E-state index contributed by atoms with van der Waals surface area (Å²) in [6.45, 7) is 4.86. The van der Waals surface area contributed by atoms with E-state index >= 15 is 0 Å². The quantitative estimate of drug-likeness (QED) is 0.852. The molecule has 0 fully saturated rings. The standard InChI is InChI=1S/C19H23NO3/c1-14-8-9-17(15(2)12-14)23-11-10-19(21)20-13-16-6-4-5-7-18(16)22-3/h4-9,12H,10-11,13H2,1-3H3,(H,20,21). The van der Waals surface area contributed by atoms with Gasteiger partial charge >= 0.3 is 0 Å². The van der Waals surface area contributed by atoms with Crippen LogP contribution in [0.15, 0.2) is 42.5 Å². The predicted octanol–water partition coefficient (Wildman–Crippen LogP) is 3.40. The van der Waals surface area contributed by atoms with E-state index in [1.807, 2.05) is 50.2 Å². The molecule has 0 unspecified atom stereocenters. The van der Waals surface area contributed by atoms with Gasteiger partial charge < -0.3 is 14.8 Å². The summed E-state index contributed by atoms with van der Waals surface area (Å²) in [6, 6.07) is 13.7. The number of methoxy groups -OCH3 is 1. The molecule has 23 heavy (non-hydrogen) atoms. The number of hydrogen-bond donors (Lipinski definition) is 1. The second-order valence-corrected chi connectivity index (χ2v) is 5.46. The minimum Gasteiger partial charge on any atom is -0.496 e. The minimum absolute atomic E-state index is 0.0410. The zero-order valence-corrected chi connectivity index (χ0v) is 13.9. The van der Waals surface area contributed by atoms with Crippen LogP contribution in [0.1, 0.15) is 23.1 Å². The average molecular weight is 313 g/mol. The molecule has 2 rings (SSSR count). The topological polar surface area (TPSA) is 47.6 Å². The van der Waals surface area contributed by atoms with Gasteiger partial charge in [0, 0.05) is 12.1 Å². The summed E-state index contributed by atoms with van der Waals surface area (Å²) in [5, 5.41) is 2.88. The van der Waals surface area contributed by atoms with Crippen molar-refractivity contribution in [3.8, 4) is 11.5 Å². The molecule has 0 saturated carbocycles. The van der Waals surface area contributed by atoms with E-state index in [9.17, 15) is 4.79 Å². The van der Waals surface area contributed by atoms with Gasteiger partial charge in [-0.05, 0) is 31.5 Å². The van der Waals surface area contributed by atoms with Crippen molar-refractivity contribution >= 4 is 5.91 Å². The molecule has 4 nitrogen and oxygen atoms in total. The maximum absolute atomic E-state index is 11.9. The number of para-hydroxylation sites is 1. The Kier molecular flexibility index (Phi) is 6.03. The fourth-order valence-corrected chi connectivity index (χ4v) is 2.35. The Labute approximate surface area is 137 Å². The van der Waals surface area contributed by atoms with Crippen molar-refractivity contribution in [2.75, 3.05) is 13.7 Å². The number of nitrogens with one attached hydrogen (secondary N) is 1. The molecule has 0 spiro atoms. The highest BCUT2D eigenvalue weighted by Crippen LogP contribution is 2.19. The first-order chi connectivity index (χ1) is 11.1. The molecule has 0 bridgehead atoms. The van der Waals surface area contributed by atoms with Gasteiger partial charge in [-0.15, -0.1) is 0 Å². The number of aryl methyl sites for hydroxylation is 2. The molecular weight excluding hydrogens is 290 g/mol. The maximum Gasteiger partial charge on any atom is 0.223 e.